The minimum atomic E-state index is 0.0935. The Hall–Kier alpha value is -2.84. The monoisotopic (exact) mass is 468 g/mol. The second kappa shape index (κ2) is 8.83. The van der Waals surface area contributed by atoms with Crippen LogP contribution in [0.2, 0.25) is 5.02 Å². The van der Waals surface area contributed by atoms with Crippen molar-refractivity contribution in [2.24, 2.45) is 10.7 Å². The van der Waals surface area contributed by atoms with E-state index in [1.54, 1.807) is 20.2 Å². The van der Waals surface area contributed by atoms with Crippen LogP contribution in [-0.2, 0) is 28.9 Å². The van der Waals surface area contributed by atoms with E-state index in [9.17, 15) is 4.79 Å². The number of allylic oxidation sites excluding steroid dienone is 1. The Labute approximate surface area is 198 Å². The quantitative estimate of drug-likeness (QED) is 0.696. The number of halogens is 1. The number of amides is 1. The molecule has 8 nitrogen and oxygen atoms in total. The summed E-state index contributed by atoms with van der Waals surface area (Å²) in [5.74, 6) is 1.02. The van der Waals surface area contributed by atoms with Gasteiger partial charge < -0.3 is 20.3 Å². The van der Waals surface area contributed by atoms with Gasteiger partial charge in [0.25, 0.3) is 0 Å². The van der Waals surface area contributed by atoms with E-state index in [-0.39, 0.29) is 11.9 Å². The largest absolute Gasteiger partial charge is 0.404 e. The summed E-state index contributed by atoms with van der Waals surface area (Å²) in [5.41, 5.74) is 12.1. The maximum Gasteiger partial charge on any atom is 0.219 e. The van der Waals surface area contributed by atoms with Crippen molar-refractivity contribution >= 4 is 40.8 Å². The van der Waals surface area contributed by atoms with Gasteiger partial charge in [-0.1, -0.05) is 11.6 Å². The first-order valence-corrected chi connectivity index (χ1v) is 11.8. The van der Waals surface area contributed by atoms with Crippen molar-refractivity contribution in [1.82, 2.24) is 14.7 Å². The van der Waals surface area contributed by atoms with Crippen molar-refractivity contribution in [2.75, 3.05) is 38.3 Å². The van der Waals surface area contributed by atoms with Gasteiger partial charge in [-0.3, -0.25) is 14.5 Å². The van der Waals surface area contributed by atoms with Crippen molar-refractivity contribution in [3.8, 4) is 0 Å². The summed E-state index contributed by atoms with van der Waals surface area (Å²) in [6.07, 6.45) is 5.89. The van der Waals surface area contributed by atoms with Gasteiger partial charge in [-0.15, -0.1) is 0 Å². The van der Waals surface area contributed by atoms with Crippen molar-refractivity contribution in [1.29, 1.82) is 0 Å². The third kappa shape index (κ3) is 3.81. The molecule has 1 aromatic carbocycles. The van der Waals surface area contributed by atoms with Crippen molar-refractivity contribution in [2.45, 2.75) is 38.8 Å². The fourth-order valence-corrected chi connectivity index (χ4v) is 5.42. The third-order valence-corrected chi connectivity index (χ3v) is 7.15. The number of fused-ring (bicyclic) bond motifs is 2. The number of rotatable bonds is 4. The van der Waals surface area contributed by atoms with E-state index in [1.807, 2.05) is 11.0 Å². The number of hydrogen-bond donors (Lipinski definition) is 1. The number of aliphatic imine (C=N–C) groups is 1. The third-order valence-electron chi connectivity index (χ3n) is 6.84. The van der Waals surface area contributed by atoms with Gasteiger partial charge in [0, 0.05) is 85.6 Å². The van der Waals surface area contributed by atoms with Gasteiger partial charge in [-0.25, -0.2) is 0 Å². The van der Waals surface area contributed by atoms with Crippen LogP contribution in [0.4, 0.5) is 11.5 Å². The molecular formula is C24H29ClN6O2. The molecule has 3 aliphatic rings. The molecule has 3 aliphatic heterocycles. The molecule has 2 aromatic rings. The summed E-state index contributed by atoms with van der Waals surface area (Å²) < 4.78 is 7.82. The molecule has 1 unspecified atom stereocenters. The van der Waals surface area contributed by atoms with E-state index in [1.165, 1.54) is 17.5 Å². The molecule has 0 aliphatic carbocycles. The highest BCUT2D eigenvalue weighted by Crippen LogP contribution is 2.42. The van der Waals surface area contributed by atoms with Crippen LogP contribution >= 0.6 is 11.6 Å². The van der Waals surface area contributed by atoms with Gasteiger partial charge in [0.1, 0.15) is 0 Å². The van der Waals surface area contributed by atoms with Crippen LogP contribution in [0.25, 0.3) is 5.57 Å². The summed E-state index contributed by atoms with van der Waals surface area (Å²) in [7, 11) is 1.71. The zero-order valence-electron chi connectivity index (χ0n) is 19.1. The van der Waals surface area contributed by atoms with Crippen LogP contribution in [0.15, 0.2) is 23.3 Å². The highest BCUT2D eigenvalue weighted by molar-refractivity contribution is 6.34. The fraction of sp³-hybridized carbons (Fsp3) is 0.458. The predicted molar refractivity (Wildman–Crippen MR) is 130 cm³/mol. The summed E-state index contributed by atoms with van der Waals surface area (Å²) in [5, 5.41) is 5.79. The number of carbonyl (C=O) groups is 1. The van der Waals surface area contributed by atoms with Crippen LogP contribution in [-0.4, -0.2) is 60.2 Å². The molecule has 1 saturated heterocycles. The number of carbonyl (C=O) groups excluding carboxylic acids is 1. The van der Waals surface area contributed by atoms with Crippen molar-refractivity contribution in [3.05, 3.63) is 45.7 Å². The molecule has 0 radical (unpaired) electrons. The van der Waals surface area contributed by atoms with Crippen LogP contribution < -0.4 is 10.6 Å². The number of benzene rings is 1. The predicted octanol–water partition coefficient (Wildman–Crippen LogP) is 3.10. The Bertz CT molecular complexity index is 1150. The minimum Gasteiger partial charge on any atom is -0.404 e. The summed E-state index contributed by atoms with van der Waals surface area (Å²) in [4.78, 5) is 20.5. The number of anilines is 2. The Morgan fingerprint density at radius 3 is 2.88 bits per heavy atom. The number of nitrogens with zero attached hydrogens (tertiary/aromatic N) is 5. The van der Waals surface area contributed by atoms with Gasteiger partial charge in [0.15, 0.2) is 5.82 Å². The number of hydrogen-bond acceptors (Lipinski definition) is 6. The zero-order valence-corrected chi connectivity index (χ0v) is 19.8. The lowest BCUT2D eigenvalue weighted by Gasteiger charge is -2.28. The maximum atomic E-state index is 12.2. The highest BCUT2D eigenvalue weighted by atomic mass is 35.5. The highest BCUT2D eigenvalue weighted by Gasteiger charge is 2.34. The molecule has 2 N–H and O–H groups in total. The van der Waals surface area contributed by atoms with Crippen LogP contribution in [0.3, 0.4) is 0 Å². The first-order valence-electron chi connectivity index (χ1n) is 11.4. The molecule has 1 amide bonds. The summed E-state index contributed by atoms with van der Waals surface area (Å²) >= 11 is 6.62. The minimum absolute atomic E-state index is 0.0935. The molecule has 1 atom stereocenters. The number of ether oxygens (including phenoxy) is 1. The van der Waals surface area contributed by atoms with Crippen LogP contribution in [0, 0.1) is 0 Å². The number of aromatic nitrogens is 2. The molecular weight excluding hydrogens is 440 g/mol. The molecule has 9 heteroatoms. The molecule has 1 fully saturated rings. The number of nitrogens with two attached hydrogens (primary N) is 1. The average Bonchev–Trinajstić information content (AvgIpc) is 3.54. The Kier molecular flexibility index (Phi) is 5.88. The average molecular weight is 469 g/mol. The maximum absolute atomic E-state index is 12.2. The summed E-state index contributed by atoms with van der Waals surface area (Å²) in [6, 6.07) is 4.35. The smallest absolute Gasteiger partial charge is 0.219 e. The standard InChI is InChI=1S/C24H29ClN6O2/c1-15(32)29-6-4-22-20(13-29)24(28-31(22)18-5-8-33-14-18)30-7-3-16-9-21(25)19(10-23(16)30)17(11-26)12-27-2/h9-12,18H,3-8,13-14,26H2,1-2H3. The van der Waals surface area contributed by atoms with E-state index in [2.05, 4.69) is 20.6 Å². The molecule has 4 heterocycles. The SMILES string of the molecule is CN=CC(=CN)c1cc2c(cc1Cl)CCN2c1nn(C2CCOC2)c2c1CN(C(C)=O)CC2. The van der Waals surface area contributed by atoms with Gasteiger partial charge in [-0.2, -0.15) is 5.10 Å². The van der Waals surface area contributed by atoms with Crippen LogP contribution in [0.1, 0.15) is 41.8 Å². The second-order valence-electron chi connectivity index (χ2n) is 8.77. The molecule has 0 bridgehead atoms. The second-order valence-corrected chi connectivity index (χ2v) is 9.18. The lowest BCUT2D eigenvalue weighted by molar-refractivity contribution is -0.129. The topological polar surface area (TPSA) is 89.0 Å². The van der Waals surface area contributed by atoms with E-state index in [0.29, 0.717) is 18.2 Å². The van der Waals surface area contributed by atoms with Gasteiger partial charge in [-0.05, 0) is 30.5 Å². The molecule has 0 spiro atoms. The normalized spacial score (nSPS) is 20.6. The molecule has 1 aromatic heterocycles. The zero-order chi connectivity index (χ0) is 23.1. The fourth-order valence-electron chi connectivity index (χ4n) is 5.12. The summed E-state index contributed by atoms with van der Waals surface area (Å²) in [6.45, 7) is 5.18. The molecule has 174 valence electrons. The molecule has 33 heavy (non-hydrogen) atoms. The van der Waals surface area contributed by atoms with Gasteiger partial charge in [0.05, 0.1) is 19.2 Å². The molecule has 0 saturated carbocycles. The lowest BCUT2D eigenvalue weighted by Crippen LogP contribution is -2.35. The Balaban J connectivity index is 1.61. The first-order chi connectivity index (χ1) is 16.0. The molecule has 5 rings (SSSR count). The lowest BCUT2D eigenvalue weighted by atomic mass is 10.0. The van der Waals surface area contributed by atoms with Crippen LogP contribution in [0.5, 0.6) is 0 Å². The van der Waals surface area contributed by atoms with Crippen molar-refractivity contribution < 1.29 is 9.53 Å². The van der Waals surface area contributed by atoms with Gasteiger partial charge >= 0.3 is 0 Å². The van der Waals surface area contributed by atoms with E-state index >= 15 is 0 Å². The van der Waals surface area contributed by atoms with E-state index in [0.717, 1.165) is 67.2 Å². The first kappa shape index (κ1) is 22.0. The van der Waals surface area contributed by atoms with Crippen molar-refractivity contribution in [3.63, 3.8) is 0 Å². The Morgan fingerprint density at radius 1 is 1.33 bits per heavy atom. The van der Waals surface area contributed by atoms with E-state index in [4.69, 9.17) is 27.2 Å². The van der Waals surface area contributed by atoms with E-state index < -0.39 is 0 Å². The van der Waals surface area contributed by atoms with Gasteiger partial charge in [0.2, 0.25) is 5.91 Å². The Morgan fingerprint density at radius 2 is 2.18 bits per heavy atom.